The second-order valence-electron chi connectivity index (χ2n) is 6.47. The monoisotopic (exact) mass is 466 g/mol. The van der Waals surface area contributed by atoms with Gasteiger partial charge in [-0.3, -0.25) is 0 Å². The van der Waals surface area contributed by atoms with E-state index in [1.165, 1.54) is 16.8 Å². The lowest BCUT2D eigenvalue weighted by Crippen LogP contribution is -2.17. The number of rotatable bonds is 6. The van der Waals surface area contributed by atoms with Gasteiger partial charge in [0.05, 0.1) is 18.5 Å². The van der Waals surface area contributed by atoms with E-state index in [9.17, 15) is 0 Å². The predicted octanol–water partition coefficient (Wildman–Crippen LogP) is 6.28. The van der Waals surface area contributed by atoms with Crippen LogP contribution in [0, 0.1) is 0 Å². The maximum atomic E-state index is 5.30. The van der Waals surface area contributed by atoms with Crippen molar-refractivity contribution in [1.82, 2.24) is 4.57 Å². The fourth-order valence-corrected chi connectivity index (χ4v) is 4.08. The second kappa shape index (κ2) is 10.2. The van der Waals surface area contributed by atoms with Gasteiger partial charge < -0.3 is 9.30 Å². The first-order chi connectivity index (χ1) is 13.8. The van der Waals surface area contributed by atoms with Gasteiger partial charge in [-0.1, -0.05) is 48.5 Å². The molecule has 0 bridgehead atoms. The Bertz CT molecular complexity index is 1090. The Labute approximate surface area is 185 Å². The summed E-state index contributed by atoms with van der Waals surface area (Å²) in [6, 6.07) is 28.9. The SMILES string of the molecule is Br.COc1ccc(-c2csc(=Nc3ccccc3)n2CCc2ccccc2)cc1. The third-order valence-corrected chi connectivity index (χ3v) is 5.49. The molecule has 0 atom stereocenters. The van der Waals surface area contributed by atoms with Gasteiger partial charge in [-0.15, -0.1) is 28.3 Å². The quantitative estimate of drug-likeness (QED) is 0.328. The lowest BCUT2D eigenvalue weighted by Gasteiger charge is -2.10. The number of thiazole rings is 1. The number of hydrogen-bond donors (Lipinski definition) is 0. The zero-order chi connectivity index (χ0) is 19.2. The van der Waals surface area contributed by atoms with Crippen LogP contribution in [0.5, 0.6) is 5.75 Å². The summed E-state index contributed by atoms with van der Waals surface area (Å²) in [5, 5.41) is 2.19. The highest BCUT2D eigenvalue weighted by molar-refractivity contribution is 8.93. The molecule has 0 saturated heterocycles. The summed E-state index contributed by atoms with van der Waals surface area (Å²) in [7, 11) is 1.69. The Morgan fingerprint density at radius 1 is 0.862 bits per heavy atom. The molecule has 0 unspecified atom stereocenters. The molecule has 0 aliphatic heterocycles. The van der Waals surface area contributed by atoms with Crippen LogP contribution in [0.25, 0.3) is 11.3 Å². The van der Waals surface area contributed by atoms with Crippen molar-refractivity contribution >= 4 is 34.0 Å². The van der Waals surface area contributed by atoms with E-state index in [4.69, 9.17) is 9.73 Å². The van der Waals surface area contributed by atoms with Crippen LogP contribution < -0.4 is 9.54 Å². The highest BCUT2D eigenvalue weighted by Crippen LogP contribution is 2.24. The molecule has 0 amide bonds. The molecule has 4 rings (SSSR count). The molecule has 0 N–H and O–H groups in total. The average molecular weight is 467 g/mol. The molecule has 0 spiro atoms. The first kappa shape index (κ1) is 21.1. The molecule has 29 heavy (non-hydrogen) atoms. The summed E-state index contributed by atoms with van der Waals surface area (Å²) in [6.07, 6.45) is 0.961. The number of para-hydroxylation sites is 1. The molecule has 0 radical (unpaired) electrons. The number of aromatic nitrogens is 1. The topological polar surface area (TPSA) is 26.5 Å². The lowest BCUT2D eigenvalue weighted by atomic mass is 10.1. The summed E-state index contributed by atoms with van der Waals surface area (Å²) in [5.74, 6) is 0.865. The van der Waals surface area contributed by atoms with Gasteiger partial charge in [-0.05, 0) is 53.9 Å². The van der Waals surface area contributed by atoms with Crippen LogP contribution >= 0.6 is 28.3 Å². The number of halogens is 1. The Kier molecular flexibility index (Phi) is 7.44. The van der Waals surface area contributed by atoms with E-state index < -0.39 is 0 Å². The van der Waals surface area contributed by atoms with Crippen molar-refractivity contribution in [3.05, 3.63) is 101 Å². The van der Waals surface area contributed by atoms with Gasteiger partial charge in [0.1, 0.15) is 5.75 Å². The fourth-order valence-electron chi connectivity index (χ4n) is 3.13. The van der Waals surface area contributed by atoms with Crippen LogP contribution in [-0.2, 0) is 13.0 Å². The molecular weight excluding hydrogens is 444 g/mol. The predicted molar refractivity (Wildman–Crippen MR) is 126 cm³/mol. The molecule has 0 fully saturated rings. The Morgan fingerprint density at radius 3 is 2.17 bits per heavy atom. The zero-order valence-corrected chi connectivity index (χ0v) is 18.7. The van der Waals surface area contributed by atoms with E-state index in [1.807, 2.05) is 42.5 Å². The van der Waals surface area contributed by atoms with Crippen LogP contribution in [0.2, 0.25) is 0 Å². The minimum absolute atomic E-state index is 0. The highest BCUT2D eigenvalue weighted by atomic mass is 79.9. The molecule has 0 aliphatic carbocycles. The maximum absolute atomic E-state index is 5.30. The third kappa shape index (κ3) is 5.25. The minimum Gasteiger partial charge on any atom is -0.497 e. The van der Waals surface area contributed by atoms with Crippen LogP contribution in [-0.4, -0.2) is 11.7 Å². The first-order valence-electron chi connectivity index (χ1n) is 9.30. The number of benzene rings is 3. The number of aryl methyl sites for hydroxylation is 1. The third-order valence-electron chi connectivity index (χ3n) is 4.63. The number of methoxy groups -OCH3 is 1. The van der Waals surface area contributed by atoms with Crippen molar-refractivity contribution in [1.29, 1.82) is 0 Å². The number of hydrogen-bond acceptors (Lipinski definition) is 3. The fraction of sp³-hybridized carbons (Fsp3) is 0.125. The smallest absolute Gasteiger partial charge is 0.190 e. The normalized spacial score (nSPS) is 11.1. The van der Waals surface area contributed by atoms with E-state index in [0.717, 1.165) is 29.2 Å². The van der Waals surface area contributed by atoms with Gasteiger partial charge in [-0.2, -0.15) is 0 Å². The van der Waals surface area contributed by atoms with Crippen molar-refractivity contribution in [2.45, 2.75) is 13.0 Å². The minimum atomic E-state index is 0. The first-order valence-corrected chi connectivity index (χ1v) is 10.2. The van der Waals surface area contributed by atoms with E-state index in [2.05, 4.69) is 52.4 Å². The molecule has 3 nitrogen and oxygen atoms in total. The standard InChI is InChI=1S/C24H22N2OS.BrH/c1-27-22-14-12-20(13-15-22)23-18-28-24(25-21-10-6-3-7-11-21)26(23)17-16-19-8-4-2-5-9-19;/h2-15,18H,16-17H2,1H3;1H. The van der Waals surface area contributed by atoms with Gasteiger partial charge in [0, 0.05) is 11.9 Å². The molecule has 0 aliphatic rings. The Hall–Kier alpha value is -2.63. The molecule has 5 heteroatoms. The van der Waals surface area contributed by atoms with E-state index in [1.54, 1.807) is 18.4 Å². The molecule has 3 aromatic carbocycles. The van der Waals surface area contributed by atoms with E-state index in [-0.39, 0.29) is 17.0 Å². The molecular formula is C24H23BrN2OS. The summed E-state index contributed by atoms with van der Waals surface area (Å²) >= 11 is 1.68. The Morgan fingerprint density at radius 2 is 1.52 bits per heavy atom. The van der Waals surface area contributed by atoms with Crippen molar-refractivity contribution in [2.75, 3.05) is 7.11 Å². The van der Waals surface area contributed by atoms with Gasteiger partial charge in [0.2, 0.25) is 0 Å². The highest BCUT2D eigenvalue weighted by Gasteiger charge is 2.09. The van der Waals surface area contributed by atoms with Gasteiger partial charge in [-0.25, -0.2) is 4.99 Å². The van der Waals surface area contributed by atoms with E-state index >= 15 is 0 Å². The molecule has 4 aromatic rings. The van der Waals surface area contributed by atoms with Gasteiger partial charge >= 0.3 is 0 Å². The molecule has 148 valence electrons. The van der Waals surface area contributed by atoms with E-state index in [0.29, 0.717) is 0 Å². The van der Waals surface area contributed by atoms with Crippen molar-refractivity contribution in [3.8, 4) is 17.0 Å². The van der Waals surface area contributed by atoms with Crippen molar-refractivity contribution < 1.29 is 4.74 Å². The Balaban J connectivity index is 0.00000240. The van der Waals surface area contributed by atoms with Gasteiger partial charge in [0.15, 0.2) is 4.80 Å². The molecule has 1 heterocycles. The average Bonchev–Trinajstić information content (AvgIpc) is 3.16. The van der Waals surface area contributed by atoms with Crippen LogP contribution in [0.4, 0.5) is 5.69 Å². The van der Waals surface area contributed by atoms with Crippen LogP contribution in [0.15, 0.2) is 95.3 Å². The lowest BCUT2D eigenvalue weighted by molar-refractivity contribution is 0.415. The summed E-state index contributed by atoms with van der Waals surface area (Å²) < 4.78 is 7.61. The number of ether oxygens (including phenoxy) is 1. The van der Waals surface area contributed by atoms with Crippen molar-refractivity contribution in [3.63, 3.8) is 0 Å². The zero-order valence-electron chi connectivity index (χ0n) is 16.2. The van der Waals surface area contributed by atoms with Gasteiger partial charge in [0.25, 0.3) is 0 Å². The summed E-state index contributed by atoms with van der Waals surface area (Å²) in [4.78, 5) is 5.90. The van der Waals surface area contributed by atoms with Crippen LogP contribution in [0.3, 0.4) is 0 Å². The largest absolute Gasteiger partial charge is 0.497 e. The summed E-state index contributed by atoms with van der Waals surface area (Å²) in [5.41, 5.74) is 4.64. The second-order valence-corrected chi connectivity index (χ2v) is 7.30. The number of nitrogens with zero attached hydrogens (tertiary/aromatic N) is 2. The molecule has 1 aromatic heterocycles. The van der Waals surface area contributed by atoms with Crippen molar-refractivity contribution in [2.24, 2.45) is 4.99 Å². The maximum Gasteiger partial charge on any atom is 0.190 e. The van der Waals surface area contributed by atoms with Crippen LogP contribution in [0.1, 0.15) is 5.56 Å². The molecule has 0 saturated carbocycles. The summed E-state index contributed by atoms with van der Waals surface area (Å²) in [6.45, 7) is 0.876.